The molecule has 0 amide bonds. The van der Waals surface area contributed by atoms with Crippen molar-refractivity contribution in [3.8, 4) is 0 Å². The smallest absolute Gasteiger partial charge is 0.0639 e. The fourth-order valence-corrected chi connectivity index (χ4v) is 2.35. The van der Waals surface area contributed by atoms with Gasteiger partial charge < -0.3 is 5.11 Å². The van der Waals surface area contributed by atoms with Gasteiger partial charge in [0.05, 0.1) is 6.10 Å². The first-order chi connectivity index (χ1) is 9.63. The number of aryl methyl sites for hydroxylation is 1. The van der Waals surface area contributed by atoms with Crippen molar-refractivity contribution in [1.29, 1.82) is 0 Å². The first-order valence-electron chi connectivity index (χ1n) is 7.13. The molecule has 0 radical (unpaired) electrons. The van der Waals surface area contributed by atoms with E-state index in [-0.39, 0.29) is 6.10 Å². The number of hydrogen-bond donors (Lipinski definition) is 1. The third-order valence-corrected chi connectivity index (χ3v) is 3.30. The van der Waals surface area contributed by atoms with Crippen molar-refractivity contribution >= 4 is 0 Å². The van der Waals surface area contributed by atoms with Crippen LogP contribution in [0.5, 0.6) is 0 Å². The van der Waals surface area contributed by atoms with Gasteiger partial charge in [0.1, 0.15) is 0 Å². The maximum Gasteiger partial charge on any atom is 0.0639 e. The number of aliphatic hydroxyl groups is 1. The highest BCUT2D eigenvalue weighted by Crippen LogP contribution is 2.11. The van der Waals surface area contributed by atoms with E-state index in [0.29, 0.717) is 6.54 Å². The largest absolute Gasteiger partial charge is 0.392 e. The minimum atomic E-state index is -0.316. The summed E-state index contributed by atoms with van der Waals surface area (Å²) in [5.41, 5.74) is 3.84. The van der Waals surface area contributed by atoms with Crippen LogP contribution in [0, 0.1) is 6.92 Å². The summed E-state index contributed by atoms with van der Waals surface area (Å²) in [7, 11) is 0. The average Bonchev–Trinajstić information content (AvgIpc) is 2.42. The highest BCUT2D eigenvalue weighted by atomic mass is 16.3. The van der Waals surface area contributed by atoms with Gasteiger partial charge in [-0.1, -0.05) is 60.2 Å². The molecule has 0 saturated carbocycles. The lowest BCUT2D eigenvalue weighted by Gasteiger charge is -2.24. The molecule has 2 aromatic rings. The van der Waals surface area contributed by atoms with Crippen LogP contribution in [0.15, 0.2) is 54.6 Å². The molecule has 2 heteroatoms. The van der Waals surface area contributed by atoms with Crippen LogP contribution in [0.2, 0.25) is 0 Å². The summed E-state index contributed by atoms with van der Waals surface area (Å²) in [6.45, 7) is 6.34. The zero-order chi connectivity index (χ0) is 14.4. The average molecular weight is 269 g/mol. The van der Waals surface area contributed by atoms with Crippen LogP contribution in [-0.2, 0) is 13.1 Å². The van der Waals surface area contributed by atoms with Gasteiger partial charge in [0, 0.05) is 19.6 Å². The van der Waals surface area contributed by atoms with Crippen molar-refractivity contribution in [2.45, 2.75) is 33.0 Å². The highest BCUT2D eigenvalue weighted by molar-refractivity contribution is 5.21. The summed E-state index contributed by atoms with van der Waals surface area (Å²) in [5, 5.41) is 9.68. The van der Waals surface area contributed by atoms with Gasteiger partial charge in [-0.2, -0.15) is 0 Å². The zero-order valence-electron chi connectivity index (χ0n) is 12.3. The van der Waals surface area contributed by atoms with Gasteiger partial charge >= 0.3 is 0 Å². The molecule has 2 aromatic carbocycles. The monoisotopic (exact) mass is 269 g/mol. The van der Waals surface area contributed by atoms with Crippen LogP contribution < -0.4 is 0 Å². The number of benzene rings is 2. The lowest BCUT2D eigenvalue weighted by Crippen LogP contribution is -2.30. The molecule has 0 aliphatic carbocycles. The lowest BCUT2D eigenvalue weighted by molar-refractivity contribution is 0.118. The van der Waals surface area contributed by atoms with E-state index in [1.807, 2.05) is 13.0 Å². The van der Waals surface area contributed by atoms with Crippen LogP contribution in [0.3, 0.4) is 0 Å². The zero-order valence-corrected chi connectivity index (χ0v) is 12.3. The Morgan fingerprint density at radius 2 is 1.45 bits per heavy atom. The van der Waals surface area contributed by atoms with Crippen LogP contribution in [0.4, 0.5) is 0 Å². The van der Waals surface area contributed by atoms with Gasteiger partial charge in [-0.25, -0.2) is 0 Å². The Balaban J connectivity index is 2.05. The van der Waals surface area contributed by atoms with Crippen molar-refractivity contribution in [2.24, 2.45) is 0 Å². The SMILES string of the molecule is Cc1ccc(CN(Cc2ccccc2)C[C@H](C)O)cc1. The maximum absolute atomic E-state index is 9.68. The molecular formula is C18H23NO. The standard InChI is InChI=1S/C18H23NO/c1-15-8-10-18(11-9-15)14-19(12-16(2)20)13-17-6-4-3-5-7-17/h3-11,16,20H,12-14H2,1-2H3/t16-/m0/s1. The summed E-state index contributed by atoms with van der Waals surface area (Å²) < 4.78 is 0. The van der Waals surface area contributed by atoms with Crippen LogP contribution in [0.1, 0.15) is 23.6 Å². The predicted molar refractivity (Wildman–Crippen MR) is 83.4 cm³/mol. The quantitative estimate of drug-likeness (QED) is 0.869. The first kappa shape index (κ1) is 14.8. The van der Waals surface area contributed by atoms with Crippen molar-refractivity contribution in [2.75, 3.05) is 6.54 Å². The second kappa shape index (κ2) is 7.22. The molecular weight excluding hydrogens is 246 g/mol. The van der Waals surface area contributed by atoms with E-state index in [1.54, 1.807) is 0 Å². The molecule has 0 unspecified atom stereocenters. The second-order valence-electron chi connectivity index (χ2n) is 5.49. The third-order valence-electron chi connectivity index (χ3n) is 3.30. The molecule has 0 fully saturated rings. The van der Waals surface area contributed by atoms with Crippen LogP contribution >= 0.6 is 0 Å². The summed E-state index contributed by atoms with van der Waals surface area (Å²) in [6, 6.07) is 19.0. The van der Waals surface area contributed by atoms with Crippen molar-refractivity contribution in [3.63, 3.8) is 0 Å². The molecule has 2 rings (SSSR count). The van der Waals surface area contributed by atoms with E-state index in [1.165, 1.54) is 16.7 Å². The van der Waals surface area contributed by atoms with E-state index in [2.05, 4.69) is 60.4 Å². The topological polar surface area (TPSA) is 23.5 Å². The summed E-state index contributed by atoms with van der Waals surface area (Å²) in [4.78, 5) is 2.28. The summed E-state index contributed by atoms with van der Waals surface area (Å²) in [5.74, 6) is 0. The van der Waals surface area contributed by atoms with Gasteiger partial charge in [0.25, 0.3) is 0 Å². The molecule has 1 N–H and O–H groups in total. The van der Waals surface area contributed by atoms with Crippen molar-refractivity contribution in [1.82, 2.24) is 4.90 Å². The number of rotatable bonds is 6. The van der Waals surface area contributed by atoms with Crippen LogP contribution in [-0.4, -0.2) is 22.7 Å². The normalized spacial score (nSPS) is 12.6. The second-order valence-corrected chi connectivity index (χ2v) is 5.49. The molecule has 0 saturated heterocycles. The fraction of sp³-hybridized carbons (Fsp3) is 0.333. The number of aliphatic hydroxyl groups excluding tert-OH is 1. The molecule has 0 aliphatic heterocycles. The Labute approximate surface area is 121 Å². The minimum Gasteiger partial charge on any atom is -0.392 e. The van der Waals surface area contributed by atoms with Crippen molar-refractivity contribution in [3.05, 3.63) is 71.3 Å². The predicted octanol–water partition coefficient (Wildman–Crippen LogP) is 3.38. The molecule has 0 aliphatic rings. The Kier molecular flexibility index (Phi) is 5.33. The van der Waals surface area contributed by atoms with Gasteiger partial charge in [-0.3, -0.25) is 4.90 Å². The van der Waals surface area contributed by atoms with Crippen LogP contribution in [0.25, 0.3) is 0 Å². The van der Waals surface area contributed by atoms with E-state index in [0.717, 1.165) is 13.1 Å². The molecule has 1 atom stereocenters. The lowest BCUT2D eigenvalue weighted by atomic mass is 10.1. The Morgan fingerprint density at radius 1 is 0.900 bits per heavy atom. The Bertz CT molecular complexity index is 505. The summed E-state index contributed by atoms with van der Waals surface area (Å²) >= 11 is 0. The third kappa shape index (κ3) is 4.80. The van der Waals surface area contributed by atoms with E-state index in [4.69, 9.17) is 0 Å². The first-order valence-corrected chi connectivity index (χ1v) is 7.13. The van der Waals surface area contributed by atoms with Gasteiger partial charge in [-0.05, 0) is 25.0 Å². The fourth-order valence-electron chi connectivity index (χ4n) is 2.35. The Hall–Kier alpha value is -1.64. The number of hydrogen-bond acceptors (Lipinski definition) is 2. The Morgan fingerprint density at radius 3 is 2.00 bits per heavy atom. The number of nitrogens with zero attached hydrogens (tertiary/aromatic N) is 1. The van der Waals surface area contributed by atoms with Gasteiger partial charge in [-0.15, -0.1) is 0 Å². The summed E-state index contributed by atoms with van der Waals surface area (Å²) in [6.07, 6.45) is -0.316. The van der Waals surface area contributed by atoms with E-state index >= 15 is 0 Å². The highest BCUT2D eigenvalue weighted by Gasteiger charge is 2.09. The molecule has 0 heterocycles. The molecule has 0 aromatic heterocycles. The van der Waals surface area contributed by atoms with Gasteiger partial charge in [0.15, 0.2) is 0 Å². The molecule has 0 bridgehead atoms. The van der Waals surface area contributed by atoms with E-state index in [9.17, 15) is 5.11 Å². The molecule has 2 nitrogen and oxygen atoms in total. The molecule has 106 valence electrons. The molecule has 20 heavy (non-hydrogen) atoms. The van der Waals surface area contributed by atoms with Gasteiger partial charge in [0.2, 0.25) is 0 Å². The maximum atomic E-state index is 9.68. The van der Waals surface area contributed by atoms with Crippen molar-refractivity contribution < 1.29 is 5.11 Å². The van der Waals surface area contributed by atoms with E-state index < -0.39 is 0 Å². The molecule has 0 spiro atoms. The minimum absolute atomic E-state index is 0.316.